The van der Waals surface area contributed by atoms with E-state index in [4.69, 9.17) is 5.73 Å². The van der Waals surface area contributed by atoms with Gasteiger partial charge in [0.25, 0.3) is 11.5 Å². The summed E-state index contributed by atoms with van der Waals surface area (Å²) in [5, 5.41) is 2.84. The summed E-state index contributed by atoms with van der Waals surface area (Å²) in [5.74, 6) is -0.0500. The monoisotopic (exact) mass is 269 g/mol. The number of benzene rings is 1. The third-order valence-corrected chi connectivity index (χ3v) is 3.79. The molecule has 0 saturated carbocycles. The van der Waals surface area contributed by atoms with Crippen LogP contribution in [-0.2, 0) is 7.05 Å². The Labute approximate surface area is 116 Å². The van der Waals surface area contributed by atoms with Gasteiger partial charge in [0.1, 0.15) is 5.82 Å². The molecule has 0 radical (unpaired) electrons. The second-order valence-electron chi connectivity index (χ2n) is 4.93. The predicted molar refractivity (Wildman–Crippen MR) is 76.7 cm³/mol. The summed E-state index contributed by atoms with van der Waals surface area (Å²) in [5.41, 5.74) is 7.91. The molecule has 0 saturated heterocycles. The molecule has 0 bridgehead atoms. The van der Waals surface area contributed by atoms with Gasteiger partial charge in [-0.05, 0) is 11.1 Å². The molecule has 5 nitrogen and oxygen atoms in total. The molecular weight excluding hydrogens is 254 g/mol. The Morgan fingerprint density at radius 2 is 1.95 bits per heavy atom. The molecule has 3 rings (SSSR count). The van der Waals surface area contributed by atoms with Crippen molar-refractivity contribution in [2.45, 2.75) is 5.92 Å². The molecule has 0 aliphatic carbocycles. The molecule has 1 aromatic heterocycles. The fraction of sp³-hybridized carbons (Fsp3) is 0.200. The largest absolute Gasteiger partial charge is 0.384 e. The van der Waals surface area contributed by atoms with Crippen molar-refractivity contribution in [3.8, 4) is 0 Å². The van der Waals surface area contributed by atoms with Crippen LogP contribution in [0.15, 0.2) is 41.2 Å². The van der Waals surface area contributed by atoms with Gasteiger partial charge >= 0.3 is 0 Å². The van der Waals surface area contributed by atoms with E-state index in [1.54, 1.807) is 7.05 Å². The number of rotatable bonds is 1. The van der Waals surface area contributed by atoms with Crippen LogP contribution >= 0.6 is 0 Å². The minimum atomic E-state index is -0.222. The highest BCUT2D eigenvalue weighted by molar-refractivity contribution is 6.01. The van der Waals surface area contributed by atoms with Crippen molar-refractivity contribution in [3.63, 3.8) is 0 Å². The molecule has 0 fully saturated rings. The zero-order valence-corrected chi connectivity index (χ0v) is 11.1. The Morgan fingerprint density at radius 1 is 1.25 bits per heavy atom. The maximum Gasteiger partial charge on any atom is 0.255 e. The minimum absolute atomic E-state index is 0.0416. The van der Waals surface area contributed by atoms with E-state index in [-0.39, 0.29) is 23.2 Å². The van der Waals surface area contributed by atoms with Crippen LogP contribution in [0.2, 0.25) is 0 Å². The summed E-state index contributed by atoms with van der Waals surface area (Å²) >= 11 is 0. The van der Waals surface area contributed by atoms with Crippen LogP contribution in [0.1, 0.15) is 27.4 Å². The van der Waals surface area contributed by atoms with Crippen molar-refractivity contribution in [2.24, 2.45) is 7.05 Å². The summed E-state index contributed by atoms with van der Waals surface area (Å²) in [6.07, 6.45) is 0. The van der Waals surface area contributed by atoms with Gasteiger partial charge in [0.2, 0.25) is 0 Å². The molecule has 1 aliphatic heterocycles. The van der Waals surface area contributed by atoms with Gasteiger partial charge in [0, 0.05) is 25.6 Å². The Bertz CT molecular complexity index is 735. The Kier molecular flexibility index (Phi) is 2.82. The molecule has 102 valence electrons. The molecule has 2 heterocycles. The normalized spacial score (nSPS) is 17.4. The van der Waals surface area contributed by atoms with Crippen LogP contribution in [0.3, 0.4) is 0 Å². The van der Waals surface area contributed by atoms with E-state index in [0.717, 1.165) is 5.56 Å². The number of anilines is 1. The van der Waals surface area contributed by atoms with Crippen molar-refractivity contribution in [3.05, 3.63) is 63.4 Å². The van der Waals surface area contributed by atoms with Crippen LogP contribution in [-0.4, -0.2) is 17.0 Å². The van der Waals surface area contributed by atoms with Crippen molar-refractivity contribution < 1.29 is 4.79 Å². The van der Waals surface area contributed by atoms with E-state index in [0.29, 0.717) is 17.7 Å². The van der Waals surface area contributed by atoms with Gasteiger partial charge in [0.05, 0.1) is 5.56 Å². The molecule has 1 aliphatic rings. The quantitative estimate of drug-likeness (QED) is 0.805. The fourth-order valence-electron chi connectivity index (χ4n) is 2.63. The topological polar surface area (TPSA) is 77.1 Å². The van der Waals surface area contributed by atoms with Crippen LogP contribution < -0.4 is 16.6 Å². The second-order valence-corrected chi connectivity index (χ2v) is 4.93. The fourth-order valence-corrected chi connectivity index (χ4v) is 2.63. The minimum Gasteiger partial charge on any atom is -0.384 e. The lowest BCUT2D eigenvalue weighted by Crippen LogP contribution is -2.39. The number of nitrogens with zero attached hydrogens (tertiary/aromatic N) is 1. The number of hydrogen-bond donors (Lipinski definition) is 2. The Morgan fingerprint density at radius 3 is 2.65 bits per heavy atom. The summed E-state index contributed by atoms with van der Waals surface area (Å²) in [4.78, 5) is 24.0. The number of carbonyl (C=O) groups is 1. The molecule has 1 atom stereocenters. The molecule has 1 amide bonds. The zero-order chi connectivity index (χ0) is 14.3. The maximum absolute atomic E-state index is 12.0. The van der Waals surface area contributed by atoms with Crippen molar-refractivity contribution in [1.82, 2.24) is 9.88 Å². The van der Waals surface area contributed by atoms with Crippen LogP contribution in [0.25, 0.3) is 0 Å². The van der Waals surface area contributed by atoms with Crippen molar-refractivity contribution in [1.29, 1.82) is 0 Å². The third kappa shape index (κ3) is 1.79. The molecule has 2 aromatic rings. The first-order valence-electron chi connectivity index (χ1n) is 6.42. The molecule has 5 heteroatoms. The first-order valence-corrected chi connectivity index (χ1v) is 6.42. The maximum atomic E-state index is 12.0. The van der Waals surface area contributed by atoms with E-state index in [1.165, 1.54) is 10.6 Å². The highest BCUT2D eigenvalue weighted by Crippen LogP contribution is 2.31. The lowest BCUT2D eigenvalue weighted by atomic mass is 9.85. The first kappa shape index (κ1) is 12.5. The molecule has 20 heavy (non-hydrogen) atoms. The van der Waals surface area contributed by atoms with E-state index in [9.17, 15) is 9.59 Å². The third-order valence-electron chi connectivity index (χ3n) is 3.79. The average molecular weight is 269 g/mol. The number of carbonyl (C=O) groups excluding carboxylic acids is 1. The van der Waals surface area contributed by atoms with E-state index in [1.807, 2.05) is 30.3 Å². The number of amides is 1. The van der Waals surface area contributed by atoms with Gasteiger partial charge < -0.3 is 11.1 Å². The van der Waals surface area contributed by atoms with Crippen molar-refractivity contribution in [2.75, 3.05) is 12.3 Å². The lowest BCUT2D eigenvalue weighted by Gasteiger charge is -2.27. The van der Waals surface area contributed by atoms with Crippen LogP contribution in [0.5, 0.6) is 0 Å². The Hall–Kier alpha value is -2.56. The number of aromatic nitrogens is 1. The van der Waals surface area contributed by atoms with Gasteiger partial charge in [-0.25, -0.2) is 0 Å². The standard InChI is InChI=1S/C15H15N3O2/c1-18-12(19)7-10-11(9-5-3-2-4-6-9)8-17-15(20)13(10)14(18)16/h2-7,11H,8,16H2,1H3,(H,17,20). The summed E-state index contributed by atoms with van der Waals surface area (Å²) in [7, 11) is 1.57. The molecular formula is C15H15N3O2. The highest BCUT2D eigenvalue weighted by atomic mass is 16.2. The van der Waals surface area contributed by atoms with Gasteiger partial charge in [-0.1, -0.05) is 30.3 Å². The van der Waals surface area contributed by atoms with Crippen molar-refractivity contribution >= 4 is 11.7 Å². The highest BCUT2D eigenvalue weighted by Gasteiger charge is 2.29. The predicted octanol–water partition coefficient (Wildman–Crippen LogP) is 0.843. The molecule has 0 spiro atoms. The average Bonchev–Trinajstić information content (AvgIpc) is 2.46. The lowest BCUT2D eigenvalue weighted by molar-refractivity contribution is 0.0943. The smallest absolute Gasteiger partial charge is 0.255 e. The molecule has 1 aromatic carbocycles. The van der Waals surface area contributed by atoms with Gasteiger partial charge in [-0.3, -0.25) is 14.2 Å². The van der Waals surface area contributed by atoms with Gasteiger partial charge in [-0.15, -0.1) is 0 Å². The van der Waals surface area contributed by atoms with E-state index >= 15 is 0 Å². The summed E-state index contributed by atoms with van der Waals surface area (Å²) < 4.78 is 1.30. The molecule has 1 unspecified atom stereocenters. The van der Waals surface area contributed by atoms with E-state index < -0.39 is 0 Å². The van der Waals surface area contributed by atoms with Crippen LogP contribution in [0, 0.1) is 0 Å². The number of fused-ring (bicyclic) bond motifs is 1. The number of pyridine rings is 1. The number of nitrogen functional groups attached to an aromatic ring is 1. The van der Waals surface area contributed by atoms with Gasteiger partial charge in [0.15, 0.2) is 0 Å². The first-order chi connectivity index (χ1) is 9.59. The summed E-state index contributed by atoms with van der Waals surface area (Å²) in [6, 6.07) is 11.3. The summed E-state index contributed by atoms with van der Waals surface area (Å²) in [6.45, 7) is 0.475. The molecule has 3 N–H and O–H groups in total. The zero-order valence-electron chi connectivity index (χ0n) is 11.1. The SMILES string of the molecule is Cn1c(N)c2c(cc1=O)C(c1ccccc1)CNC2=O. The Balaban J connectivity index is 2.25. The van der Waals surface area contributed by atoms with Gasteiger partial charge in [-0.2, -0.15) is 0 Å². The number of nitrogens with two attached hydrogens (primary N) is 1. The number of hydrogen-bond acceptors (Lipinski definition) is 3. The second kappa shape index (κ2) is 4.52. The van der Waals surface area contributed by atoms with E-state index in [2.05, 4.69) is 5.32 Å². The number of nitrogens with one attached hydrogen (secondary N) is 1. The van der Waals surface area contributed by atoms with Crippen LogP contribution in [0.4, 0.5) is 5.82 Å².